The van der Waals surface area contributed by atoms with Gasteiger partial charge in [-0.05, 0) is 28.1 Å². The summed E-state index contributed by atoms with van der Waals surface area (Å²) in [5, 5.41) is 2.52. The van der Waals surface area contributed by atoms with Gasteiger partial charge in [0.1, 0.15) is 11.5 Å². The average Bonchev–Trinajstić information content (AvgIpc) is 2.46. The Morgan fingerprint density at radius 1 is 1.41 bits per heavy atom. The average molecular weight is 372 g/mol. The number of amides is 2. The largest absolute Gasteiger partial charge is 0.469 e. The van der Waals surface area contributed by atoms with Gasteiger partial charge in [0.05, 0.1) is 13.0 Å². The molecule has 0 radical (unpaired) electrons. The minimum atomic E-state index is -0.448. The molecule has 1 atom stereocenters. The van der Waals surface area contributed by atoms with Crippen LogP contribution in [0.3, 0.4) is 0 Å². The molecule has 1 rings (SSSR count). The molecule has 7 nitrogen and oxygen atoms in total. The van der Waals surface area contributed by atoms with Crippen LogP contribution in [0.15, 0.2) is 16.6 Å². The number of nitrogens with zero attached hydrogens (tertiary/aromatic N) is 2. The summed E-state index contributed by atoms with van der Waals surface area (Å²) < 4.78 is 5.14. The molecule has 0 aliphatic carbocycles. The van der Waals surface area contributed by atoms with Gasteiger partial charge in [-0.1, -0.05) is 6.92 Å². The predicted molar refractivity (Wildman–Crippen MR) is 84.4 cm³/mol. The van der Waals surface area contributed by atoms with Crippen molar-refractivity contribution < 1.29 is 19.1 Å². The van der Waals surface area contributed by atoms with E-state index < -0.39 is 11.9 Å². The second-order valence-corrected chi connectivity index (χ2v) is 5.67. The number of anilines is 1. The molecule has 1 aromatic heterocycles. The Bertz CT molecular complexity index is 591. The molecule has 0 fully saturated rings. The fraction of sp³-hybridized carbons (Fsp3) is 0.429. The van der Waals surface area contributed by atoms with Gasteiger partial charge >= 0.3 is 5.97 Å². The van der Waals surface area contributed by atoms with E-state index in [0.717, 1.165) is 0 Å². The van der Waals surface area contributed by atoms with Gasteiger partial charge in [0.2, 0.25) is 5.91 Å². The maximum absolute atomic E-state index is 12.4. The second kappa shape index (κ2) is 7.88. The SMILES string of the molecule is COC(=O)[C@@H](C)CN(C)C(=O)c1nc(NC(C)=O)ccc1Br. The van der Waals surface area contributed by atoms with Gasteiger partial charge in [0, 0.05) is 25.0 Å². The molecule has 0 spiro atoms. The monoisotopic (exact) mass is 371 g/mol. The molecular weight excluding hydrogens is 354 g/mol. The Balaban J connectivity index is 2.91. The van der Waals surface area contributed by atoms with Crippen molar-refractivity contribution in [2.45, 2.75) is 13.8 Å². The van der Waals surface area contributed by atoms with Crippen molar-refractivity contribution in [2.75, 3.05) is 26.0 Å². The fourth-order valence-corrected chi connectivity index (χ4v) is 2.18. The number of ether oxygens (including phenoxy) is 1. The maximum Gasteiger partial charge on any atom is 0.310 e. The Morgan fingerprint density at radius 3 is 2.59 bits per heavy atom. The summed E-state index contributed by atoms with van der Waals surface area (Å²) in [4.78, 5) is 40.4. The number of nitrogens with one attached hydrogen (secondary N) is 1. The summed E-state index contributed by atoms with van der Waals surface area (Å²) >= 11 is 3.26. The van der Waals surface area contributed by atoms with Crippen LogP contribution < -0.4 is 5.32 Å². The number of hydrogen-bond donors (Lipinski definition) is 1. The number of halogens is 1. The van der Waals surface area contributed by atoms with E-state index in [4.69, 9.17) is 0 Å². The maximum atomic E-state index is 12.4. The van der Waals surface area contributed by atoms with Crippen molar-refractivity contribution >= 4 is 39.5 Å². The molecule has 1 aromatic rings. The third-order valence-corrected chi connectivity index (χ3v) is 3.49. The number of rotatable bonds is 5. The molecule has 1 N–H and O–H groups in total. The van der Waals surface area contributed by atoms with Gasteiger partial charge < -0.3 is 15.0 Å². The molecule has 0 bridgehead atoms. The molecule has 0 aliphatic heterocycles. The minimum Gasteiger partial charge on any atom is -0.469 e. The molecule has 8 heteroatoms. The van der Waals surface area contributed by atoms with Crippen molar-refractivity contribution in [1.82, 2.24) is 9.88 Å². The summed E-state index contributed by atoms with van der Waals surface area (Å²) in [7, 11) is 2.87. The number of pyridine rings is 1. The van der Waals surface area contributed by atoms with E-state index in [1.54, 1.807) is 26.1 Å². The van der Waals surface area contributed by atoms with Crippen molar-refractivity contribution in [3.63, 3.8) is 0 Å². The van der Waals surface area contributed by atoms with Crippen LogP contribution in [0.1, 0.15) is 24.3 Å². The summed E-state index contributed by atoms with van der Waals surface area (Å²) in [5.74, 6) is -1.20. The van der Waals surface area contributed by atoms with Crippen LogP contribution in [-0.4, -0.2) is 48.4 Å². The molecule has 120 valence electrons. The van der Waals surface area contributed by atoms with Crippen LogP contribution in [-0.2, 0) is 14.3 Å². The van der Waals surface area contributed by atoms with Crippen molar-refractivity contribution in [3.8, 4) is 0 Å². The topological polar surface area (TPSA) is 88.6 Å². The molecule has 0 saturated heterocycles. The number of hydrogen-bond acceptors (Lipinski definition) is 5. The first-order chi connectivity index (χ1) is 10.3. The van der Waals surface area contributed by atoms with Gasteiger partial charge in [0.25, 0.3) is 5.91 Å². The van der Waals surface area contributed by atoms with Gasteiger partial charge in [-0.2, -0.15) is 0 Å². The van der Waals surface area contributed by atoms with E-state index in [1.165, 1.54) is 18.9 Å². The Labute approximate surface area is 137 Å². The van der Waals surface area contributed by atoms with Crippen LogP contribution in [0.2, 0.25) is 0 Å². The smallest absolute Gasteiger partial charge is 0.310 e. The van der Waals surface area contributed by atoms with Crippen molar-refractivity contribution in [1.29, 1.82) is 0 Å². The van der Waals surface area contributed by atoms with Gasteiger partial charge in [-0.3, -0.25) is 14.4 Å². The van der Waals surface area contributed by atoms with E-state index in [1.807, 2.05) is 0 Å². The highest BCUT2D eigenvalue weighted by atomic mass is 79.9. The molecule has 22 heavy (non-hydrogen) atoms. The zero-order valence-corrected chi connectivity index (χ0v) is 14.4. The first-order valence-corrected chi connectivity index (χ1v) is 7.33. The van der Waals surface area contributed by atoms with Crippen LogP contribution in [0, 0.1) is 5.92 Å². The number of carbonyl (C=O) groups excluding carboxylic acids is 3. The normalized spacial score (nSPS) is 11.5. The molecule has 0 saturated carbocycles. The summed E-state index contributed by atoms with van der Waals surface area (Å²) in [6.07, 6.45) is 0. The Kier molecular flexibility index (Phi) is 6.48. The van der Waals surface area contributed by atoms with Crippen molar-refractivity contribution in [3.05, 3.63) is 22.3 Å². The van der Waals surface area contributed by atoms with Crippen LogP contribution in [0.5, 0.6) is 0 Å². The summed E-state index contributed by atoms with van der Waals surface area (Å²) in [5.41, 5.74) is 0.158. The van der Waals surface area contributed by atoms with E-state index in [-0.39, 0.29) is 29.9 Å². The predicted octanol–water partition coefficient (Wildman–Crippen LogP) is 1.68. The molecular formula is C14H18BrN3O4. The van der Waals surface area contributed by atoms with Gasteiger partial charge in [0.15, 0.2) is 0 Å². The Hall–Kier alpha value is -1.96. The van der Waals surface area contributed by atoms with Crippen molar-refractivity contribution in [2.24, 2.45) is 5.92 Å². The second-order valence-electron chi connectivity index (χ2n) is 4.82. The molecule has 1 heterocycles. The highest BCUT2D eigenvalue weighted by Gasteiger charge is 2.22. The molecule has 0 unspecified atom stereocenters. The lowest BCUT2D eigenvalue weighted by Gasteiger charge is -2.20. The third kappa shape index (κ3) is 4.80. The zero-order valence-electron chi connectivity index (χ0n) is 12.8. The van der Waals surface area contributed by atoms with E-state index in [0.29, 0.717) is 4.47 Å². The lowest BCUT2D eigenvalue weighted by molar-refractivity contribution is -0.145. The third-order valence-electron chi connectivity index (χ3n) is 2.85. The zero-order chi connectivity index (χ0) is 16.9. The van der Waals surface area contributed by atoms with E-state index in [9.17, 15) is 14.4 Å². The van der Waals surface area contributed by atoms with Crippen LogP contribution in [0.4, 0.5) is 5.82 Å². The number of esters is 1. The highest BCUT2D eigenvalue weighted by Crippen LogP contribution is 2.19. The quantitative estimate of drug-likeness (QED) is 0.795. The standard InChI is InChI=1S/C14H18BrN3O4/c1-8(14(21)22-4)7-18(3)13(20)12-10(15)5-6-11(17-12)16-9(2)19/h5-6,8H,7H2,1-4H3,(H,16,17,19)/t8-/m0/s1. The van der Waals surface area contributed by atoms with Gasteiger partial charge in [-0.15, -0.1) is 0 Å². The number of methoxy groups -OCH3 is 1. The Morgan fingerprint density at radius 2 is 2.05 bits per heavy atom. The first-order valence-electron chi connectivity index (χ1n) is 6.53. The van der Waals surface area contributed by atoms with Gasteiger partial charge in [-0.25, -0.2) is 4.98 Å². The number of carbonyl (C=O) groups is 3. The lowest BCUT2D eigenvalue weighted by Crippen LogP contribution is -2.34. The lowest BCUT2D eigenvalue weighted by atomic mass is 10.1. The first kappa shape index (κ1) is 18.1. The molecule has 0 aliphatic rings. The highest BCUT2D eigenvalue weighted by molar-refractivity contribution is 9.10. The minimum absolute atomic E-state index is 0.158. The molecule has 0 aromatic carbocycles. The van der Waals surface area contributed by atoms with E-state index in [2.05, 4.69) is 31.0 Å². The van der Waals surface area contributed by atoms with Crippen LogP contribution in [0.25, 0.3) is 0 Å². The molecule has 2 amide bonds. The van der Waals surface area contributed by atoms with E-state index >= 15 is 0 Å². The summed E-state index contributed by atoms with van der Waals surface area (Å²) in [6, 6.07) is 3.21. The van der Waals surface area contributed by atoms with Crippen LogP contribution >= 0.6 is 15.9 Å². The summed E-state index contributed by atoms with van der Waals surface area (Å²) in [6.45, 7) is 3.23. The fourth-order valence-electron chi connectivity index (χ4n) is 1.79. The number of aromatic nitrogens is 1.